The van der Waals surface area contributed by atoms with Crippen LogP contribution in [0, 0.1) is 5.92 Å². The summed E-state index contributed by atoms with van der Waals surface area (Å²) in [5.41, 5.74) is 2.12. The predicted octanol–water partition coefficient (Wildman–Crippen LogP) is 2.84. The van der Waals surface area contributed by atoms with Gasteiger partial charge in [-0.1, -0.05) is 6.07 Å². The Balaban J connectivity index is 1.24. The molecule has 1 unspecified atom stereocenters. The molecule has 0 aromatic carbocycles. The van der Waals surface area contributed by atoms with E-state index in [9.17, 15) is 9.90 Å². The van der Waals surface area contributed by atoms with Gasteiger partial charge in [0.2, 0.25) is 5.91 Å². The summed E-state index contributed by atoms with van der Waals surface area (Å²) in [6.45, 7) is 3.43. The van der Waals surface area contributed by atoms with Gasteiger partial charge < -0.3 is 19.9 Å². The number of carbonyl (C=O) groups excluding carboxylic acids is 1. The van der Waals surface area contributed by atoms with E-state index in [1.54, 1.807) is 0 Å². The van der Waals surface area contributed by atoms with Crippen molar-refractivity contribution < 1.29 is 9.90 Å². The van der Waals surface area contributed by atoms with Gasteiger partial charge in [-0.2, -0.15) is 0 Å². The maximum Gasteiger partial charge on any atom is 0.227 e. The number of anilines is 1. The van der Waals surface area contributed by atoms with Crippen LogP contribution in [0.2, 0.25) is 0 Å². The molecule has 0 bridgehead atoms. The van der Waals surface area contributed by atoms with Gasteiger partial charge in [-0.3, -0.25) is 4.79 Å². The van der Waals surface area contributed by atoms with Crippen molar-refractivity contribution in [2.75, 3.05) is 31.1 Å². The lowest BCUT2D eigenvalue weighted by molar-refractivity contribution is -0.134. The Bertz CT molecular complexity index is 1160. The van der Waals surface area contributed by atoms with Crippen LogP contribution < -0.4 is 4.90 Å². The van der Waals surface area contributed by atoms with Crippen molar-refractivity contribution in [1.82, 2.24) is 24.8 Å². The fourth-order valence-corrected chi connectivity index (χ4v) is 4.96. The molecular weight excluding hydrogens is 404 g/mol. The number of aromatic nitrogens is 4. The third kappa shape index (κ3) is 3.52. The first-order valence-electron chi connectivity index (χ1n) is 11.7. The number of pyridine rings is 2. The van der Waals surface area contributed by atoms with Gasteiger partial charge in [-0.15, -0.1) is 0 Å². The number of H-pyrrole nitrogens is 1. The van der Waals surface area contributed by atoms with Crippen LogP contribution in [0.3, 0.4) is 0 Å². The van der Waals surface area contributed by atoms with E-state index in [0.29, 0.717) is 35.3 Å². The molecule has 3 fully saturated rings. The number of nitrogens with one attached hydrogen (secondary N) is 1. The molecule has 6 rings (SSSR count). The lowest BCUT2D eigenvalue weighted by Crippen LogP contribution is -2.44. The average Bonchev–Trinajstić information content (AvgIpc) is 3.22. The van der Waals surface area contributed by atoms with Crippen LogP contribution in [0.4, 0.5) is 5.82 Å². The van der Waals surface area contributed by atoms with Crippen LogP contribution in [-0.2, 0) is 10.4 Å². The van der Waals surface area contributed by atoms with Crippen molar-refractivity contribution >= 4 is 22.9 Å². The van der Waals surface area contributed by atoms with Crippen LogP contribution in [-0.4, -0.2) is 62.0 Å². The molecule has 3 aromatic heterocycles. The van der Waals surface area contributed by atoms with E-state index in [1.165, 1.54) is 0 Å². The zero-order valence-electron chi connectivity index (χ0n) is 18.1. The molecule has 1 saturated carbocycles. The molecule has 1 aliphatic carbocycles. The highest BCUT2D eigenvalue weighted by Gasteiger charge is 2.43. The smallest absolute Gasteiger partial charge is 0.227 e. The number of fused-ring (bicyclic) bond motifs is 1. The molecule has 8 heteroatoms. The van der Waals surface area contributed by atoms with Crippen LogP contribution in [0.15, 0.2) is 30.3 Å². The summed E-state index contributed by atoms with van der Waals surface area (Å²) in [6, 6.07) is 9.67. The Kier molecular flexibility index (Phi) is 4.64. The summed E-state index contributed by atoms with van der Waals surface area (Å²) >= 11 is 0. The van der Waals surface area contributed by atoms with Crippen molar-refractivity contribution in [3.63, 3.8) is 0 Å². The van der Waals surface area contributed by atoms with Gasteiger partial charge in [-0.25, -0.2) is 15.0 Å². The molecule has 3 aromatic rings. The van der Waals surface area contributed by atoms with Crippen molar-refractivity contribution in [2.24, 2.45) is 5.92 Å². The number of piperidine rings is 1. The number of rotatable bonds is 4. The summed E-state index contributed by atoms with van der Waals surface area (Å²) in [7, 11) is 0. The Morgan fingerprint density at radius 3 is 2.69 bits per heavy atom. The standard InChI is InChI=1S/C24H28N6O2/c31-23(29-12-1-2-13-29)16-5-4-14-30(15-16)20-9-8-18-22(27-20)28-21(26-18)17-6-3-7-19(25-17)24(32)10-11-24/h3,6-9,16,32H,1-2,4-5,10-15H2,(H,26,27,28). The molecule has 2 saturated heterocycles. The molecule has 5 heterocycles. The van der Waals surface area contributed by atoms with Gasteiger partial charge in [-0.05, 0) is 62.8 Å². The van der Waals surface area contributed by atoms with Crippen LogP contribution >= 0.6 is 0 Å². The third-order valence-corrected chi connectivity index (χ3v) is 7.04. The van der Waals surface area contributed by atoms with Crippen molar-refractivity contribution in [3.8, 4) is 11.5 Å². The van der Waals surface area contributed by atoms with Gasteiger partial charge in [0.25, 0.3) is 0 Å². The van der Waals surface area contributed by atoms with E-state index in [4.69, 9.17) is 4.98 Å². The number of hydrogen-bond donors (Lipinski definition) is 2. The second kappa shape index (κ2) is 7.55. The maximum absolute atomic E-state index is 12.9. The van der Waals surface area contributed by atoms with E-state index < -0.39 is 5.60 Å². The molecule has 2 N–H and O–H groups in total. The molecular formula is C24H28N6O2. The highest BCUT2D eigenvalue weighted by Crippen LogP contribution is 2.44. The quantitative estimate of drug-likeness (QED) is 0.658. The molecule has 0 radical (unpaired) electrons. The summed E-state index contributed by atoms with van der Waals surface area (Å²) in [6.07, 6.45) is 5.71. The first-order chi connectivity index (χ1) is 15.6. The first-order valence-corrected chi connectivity index (χ1v) is 11.7. The van der Waals surface area contributed by atoms with Crippen LogP contribution in [0.25, 0.3) is 22.7 Å². The summed E-state index contributed by atoms with van der Waals surface area (Å²) in [5, 5.41) is 10.4. The number of nitrogens with zero attached hydrogens (tertiary/aromatic N) is 5. The molecule has 1 atom stereocenters. The predicted molar refractivity (Wildman–Crippen MR) is 121 cm³/mol. The van der Waals surface area contributed by atoms with E-state index >= 15 is 0 Å². The van der Waals surface area contributed by atoms with Crippen molar-refractivity contribution in [1.29, 1.82) is 0 Å². The van der Waals surface area contributed by atoms with Crippen LogP contribution in [0.1, 0.15) is 44.2 Å². The largest absolute Gasteiger partial charge is 0.384 e. The van der Waals surface area contributed by atoms with E-state index in [0.717, 1.165) is 69.5 Å². The van der Waals surface area contributed by atoms with E-state index in [1.807, 2.05) is 35.2 Å². The highest BCUT2D eigenvalue weighted by molar-refractivity contribution is 5.80. The molecule has 1 amide bonds. The first kappa shape index (κ1) is 19.7. The molecule has 2 aliphatic heterocycles. The maximum atomic E-state index is 12.9. The summed E-state index contributed by atoms with van der Waals surface area (Å²) < 4.78 is 0. The number of imidazole rings is 1. The number of aliphatic hydroxyl groups is 1. The number of likely N-dealkylation sites (tertiary alicyclic amines) is 1. The zero-order chi connectivity index (χ0) is 21.7. The van der Waals surface area contributed by atoms with E-state index in [2.05, 4.69) is 19.9 Å². The Labute approximate surface area is 186 Å². The van der Waals surface area contributed by atoms with Gasteiger partial charge >= 0.3 is 0 Å². The number of aromatic amines is 1. The molecule has 32 heavy (non-hydrogen) atoms. The van der Waals surface area contributed by atoms with Gasteiger partial charge in [0.1, 0.15) is 17.1 Å². The second-order valence-corrected chi connectivity index (χ2v) is 9.38. The molecule has 3 aliphatic rings. The average molecular weight is 433 g/mol. The second-order valence-electron chi connectivity index (χ2n) is 9.38. The van der Waals surface area contributed by atoms with Gasteiger partial charge in [0, 0.05) is 26.2 Å². The Hall–Kier alpha value is -3.00. The minimum atomic E-state index is -0.773. The summed E-state index contributed by atoms with van der Waals surface area (Å²) in [5.74, 6) is 1.87. The minimum absolute atomic E-state index is 0.0502. The summed E-state index contributed by atoms with van der Waals surface area (Å²) in [4.78, 5) is 34.6. The van der Waals surface area contributed by atoms with Crippen molar-refractivity contribution in [2.45, 2.75) is 44.1 Å². The van der Waals surface area contributed by atoms with Crippen LogP contribution in [0.5, 0.6) is 0 Å². The molecule has 166 valence electrons. The lowest BCUT2D eigenvalue weighted by atomic mass is 9.96. The fraction of sp³-hybridized carbons (Fsp3) is 0.500. The lowest BCUT2D eigenvalue weighted by Gasteiger charge is -2.34. The van der Waals surface area contributed by atoms with Crippen molar-refractivity contribution in [3.05, 3.63) is 36.0 Å². The van der Waals surface area contributed by atoms with E-state index in [-0.39, 0.29) is 5.92 Å². The third-order valence-electron chi connectivity index (χ3n) is 7.04. The van der Waals surface area contributed by atoms with Gasteiger partial charge in [0.15, 0.2) is 11.5 Å². The highest BCUT2D eigenvalue weighted by atomic mass is 16.3. The molecule has 0 spiro atoms. The number of amides is 1. The number of carbonyl (C=O) groups is 1. The Morgan fingerprint density at radius 1 is 1.03 bits per heavy atom. The molecule has 8 nitrogen and oxygen atoms in total. The number of hydrogen-bond acceptors (Lipinski definition) is 6. The monoisotopic (exact) mass is 432 g/mol. The Morgan fingerprint density at radius 2 is 1.88 bits per heavy atom. The fourth-order valence-electron chi connectivity index (χ4n) is 4.96. The zero-order valence-corrected chi connectivity index (χ0v) is 18.1. The topological polar surface area (TPSA) is 98.2 Å². The minimum Gasteiger partial charge on any atom is -0.384 e. The normalized spacial score (nSPS) is 22.5. The SMILES string of the molecule is O=C(C1CCCN(c2ccc3[nH]c(-c4cccc(C5(O)CC5)n4)nc3n2)C1)N1CCCC1. The van der Waals surface area contributed by atoms with Gasteiger partial charge in [0.05, 0.1) is 17.1 Å².